The van der Waals surface area contributed by atoms with Crippen molar-refractivity contribution in [2.75, 3.05) is 20.3 Å². The molecule has 1 saturated carbocycles. The number of unbranched alkanes of at least 4 members (excludes halogenated alkanes) is 3. The van der Waals surface area contributed by atoms with Crippen LogP contribution in [0.5, 0.6) is 5.75 Å². The average molecular weight is 381 g/mol. The molecule has 0 spiro atoms. The lowest BCUT2D eigenvalue weighted by Gasteiger charge is -2.26. The Hall–Kier alpha value is -1.80. The van der Waals surface area contributed by atoms with E-state index in [2.05, 4.69) is 55.5 Å². The Balaban J connectivity index is 1.45. The van der Waals surface area contributed by atoms with Crippen molar-refractivity contribution in [3.05, 3.63) is 54.1 Å². The number of benzene rings is 2. The minimum atomic E-state index is 0.760. The van der Waals surface area contributed by atoms with E-state index in [1.54, 1.807) is 7.11 Å². The van der Waals surface area contributed by atoms with Crippen molar-refractivity contribution in [2.24, 2.45) is 5.92 Å². The zero-order valence-electron chi connectivity index (χ0n) is 17.7. The Morgan fingerprint density at radius 2 is 1.29 bits per heavy atom. The first-order valence-electron chi connectivity index (χ1n) is 11.1. The lowest BCUT2D eigenvalue weighted by Crippen LogP contribution is -2.10. The second-order valence-electron chi connectivity index (χ2n) is 8.36. The van der Waals surface area contributed by atoms with Crippen LogP contribution in [0.1, 0.15) is 69.8 Å². The van der Waals surface area contributed by atoms with E-state index in [4.69, 9.17) is 9.47 Å². The van der Waals surface area contributed by atoms with Crippen LogP contribution in [0.2, 0.25) is 0 Å². The summed E-state index contributed by atoms with van der Waals surface area (Å²) >= 11 is 0. The first-order valence-corrected chi connectivity index (χ1v) is 11.1. The Labute approximate surface area is 171 Å². The van der Waals surface area contributed by atoms with Gasteiger partial charge in [0.05, 0.1) is 6.61 Å². The van der Waals surface area contributed by atoms with Crippen LogP contribution >= 0.6 is 0 Å². The second kappa shape index (κ2) is 11.3. The van der Waals surface area contributed by atoms with Gasteiger partial charge in [0, 0.05) is 13.7 Å². The van der Waals surface area contributed by atoms with Crippen LogP contribution in [0.15, 0.2) is 48.5 Å². The molecule has 0 unspecified atom stereocenters. The van der Waals surface area contributed by atoms with Crippen LogP contribution in [0.3, 0.4) is 0 Å². The summed E-state index contributed by atoms with van der Waals surface area (Å²) < 4.78 is 11.0. The molecule has 28 heavy (non-hydrogen) atoms. The fourth-order valence-corrected chi connectivity index (χ4v) is 4.18. The molecular formula is C26H36O2. The highest BCUT2D eigenvalue weighted by Crippen LogP contribution is 2.36. The largest absolute Gasteiger partial charge is 0.494 e. The molecule has 0 amide bonds. The Bertz CT molecular complexity index is 667. The quantitative estimate of drug-likeness (QED) is 0.405. The van der Waals surface area contributed by atoms with Gasteiger partial charge in [-0.2, -0.15) is 0 Å². The first-order chi connectivity index (χ1) is 13.8. The molecule has 1 fully saturated rings. The van der Waals surface area contributed by atoms with Gasteiger partial charge in [-0.3, -0.25) is 0 Å². The number of methoxy groups -OCH3 is 1. The molecule has 1 aliphatic carbocycles. The summed E-state index contributed by atoms with van der Waals surface area (Å²) in [6.45, 7) is 4.04. The normalized spacial score (nSPS) is 19.5. The fourth-order valence-electron chi connectivity index (χ4n) is 4.18. The van der Waals surface area contributed by atoms with Crippen LogP contribution in [-0.4, -0.2) is 20.3 Å². The summed E-state index contributed by atoms with van der Waals surface area (Å²) in [5, 5.41) is 0. The summed E-state index contributed by atoms with van der Waals surface area (Å²) in [6.07, 6.45) is 10.1. The van der Waals surface area contributed by atoms with Gasteiger partial charge in [-0.1, -0.05) is 62.6 Å². The van der Waals surface area contributed by atoms with Crippen molar-refractivity contribution >= 4 is 0 Å². The van der Waals surface area contributed by atoms with E-state index in [1.807, 2.05) is 0 Å². The van der Waals surface area contributed by atoms with Crippen molar-refractivity contribution < 1.29 is 9.47 Å². The summed E-state index contributed by atoms with van der Waals surface area (Å²) in [7, 11) is 1.76. The molecule has 2 aromatic rings. The van der Waals surface area contributed by atoms with E-state index in [0.29, 0.717) is 0 Å². The molecule has 2 aromatic carbocycles. The molecule has 0 bridgehead atoms. The zero-order valence-corrected chi connectivity index (χ0v) is 17.7. The van der Waals surface area contributed by atoms with Crippen molar-refractivity contribution in [3.8, 4) is 16.9 Å². The Morgan fingerprint density at radius 3 is 1.89 bits per heavy atom. The smallest absolute Gasteiger partial charge is 0.119 e. The van der Waals surface area contributed by atoms with Crippen molar-refractivity contribution in [3.63, 3.8) is 0 Å². The highest BCUT2D eigenvalue weighted by Gasteiger charge is 2.19. The third kappa shape index (κ3) is 6.38. The van der Waals surface area contributed by atoms with E-state index < -0.39 is 0 Å². The highest BCUT2D eigenvalue weighted by atomic mass is 16.5. The number of hydrogen-bond donors (Lipinski definition) is 0. The predicted molar refractivity (Wildman–Crippen MR) is 118 cm³/mol. The third-order valence-corrected chi connectivity index (χ3v) is 6.10. The molecule has 0 atom stereocenters. The highest BCUT2D eigenvalue weighted by molar-refractivity contribution is 5.64. The molecule has 3 rings (SSSR count). The van der Waals surface area contributed by atoms with E-state index in [1.165, 1.54) is 55.2 Å². The second-order valence-corrected chi connectivity index (χ2v) is 8.36. The Kier molecular flexibility index (Phi) is 8.42. The van der Waals surface area contributed by atoms with Crippen molar-refractivity contribution in [1.29, 1.82) is 0 Å². The zero-order chi connectivity index (χ0) is 19.6. The van der Waals surface area contributed by atoms with Gasteiger partial charge in [-0.05, 0) is 72.8 Å². The molecule has 0 N–H and O–H groups in total. The van der Waals surface area contributed by atoms with Crippen LogP contribution in [0.4, 0.5) is 0 Å². The van der Waals surface area contributed by atoms with Crippen LogP contribution in [0, 0.1) is 5.92 Å². The van der Waals surface area contributed by atoms with Crippen molar-refractivity contribution in [2.45, 2.75) is 64.2 Å². The standard InChI is InChI=1S/C26H36O2/c1-21-7-9-22(10-8-21)23-11-13-24(14-12-23)25-15-17-26(18-16-25)28-20-6-4-3-5-19-27-2/h11-18,21-22H,3-10,19-20H2,1-2H3. The van der Waals surface area contributed by atoms with Crippen LogP contribution < -0.4 is 4.74 Å². The molecule has 0 aromatic heterocycles. The van der Waals surface area contributed by atoms with E-state index in [0.717, 1.165) is 43.6 Å². The van der Waals surface area contributed by atoms with Gasteiger partial charge in [-0.15, -0.1) is 0 Å². The number of rotatable bonds is 10. The molecular weight excluding hydrogens is 344 g/mol. The minimum Gasteiger partial charge on any atom is -0.494 e. The topological polar surface area (TPSA) is 18.5 Å². The van der Waals surface area contributed by atoms with Gasteiger partial charge in [-0.25, -0.2) is 0 Å². The molecule has 2 nitrogen and oxygen atoms in total. The van der Waals surface area contributed by atoms with Crippen molar-refractivity contribution in [1.82, 2.24) is 0 Å². The number of ether oxygens (including phenoxy) is 2. The minimum absolute atomic E-state index is 0.760. The summed E-state index contributed by atoms with van der Waals surface area (Å²) in [5.41, 5.74) is 4.06. The maximum Gasteiger partial charge on any atom is 0.119 e. The molecule has 0 radical (unpaired) electrons. The molecule has 0 aliphatic heterocycles. The lowest BCUT2D eigenvalue weighted by molar-refractivity contribution is 0.191. The maximum atomic E-state index is 5.88. The average Bonchev–Trinajstić information content (AvgIpc) is 2.74. The number of hydrogen-bond acceptors (Lipinski definition) is 2. The molecule has 0 saturated heterocycles. The van der Waals surface area contributed by atoms with Gasteiger partial charge in [0.25, 0.3) is 0 Å². The van der Waals surface area contributed by atoms with Gasteiger partial charge < -0.3 is 9.47 Å². The third-order valence-electron chi connectivity index (χ3n) is 6.10. The molecule has 2 heteroatoms. The summed E-state index contributed by atoms with van der Waals surface area (Å²) in [6, 6.07) is 17.8. The van der Waals surface area contributed by atoms with Crippen LogP contribution in [-0.2, 0) is 4.74 Å². The van der Waals surface area contributed by atoms with E-state index in [-0.39, 0.29) is 0 Å². The molecule has 1 aliphatic rings. The lowest BCUT2D eigenvalue weighted by atomic mass is 9.79. The Morgan fingerprint density at radius 1 is 0.714 bits per heavy atom. The monoisotopic (exact) mass is 380 g/mol. The fraction of sp³-hybridized carbons (Fsp3) is 0.538. The summed E-state index contributed by atoms with van der Waals surface area (Å²) in [4.78, 5) is 0. The van der Waals surface area contributed by atoms with Crippen LogP contribution in [0.25, 0.3) is 11.1 Å². The molecule has 152 valence electrons. The summed E-state index contributed by atoms with van der Waals surface area (Å²) in [5.74, 6) is 2.64. The van der Waals surface area contributed by atoms with Gasteiger partial charge in [0.1, 0.15) is 5.75 Å². The maximum absolute atomic E-state index is 5.88. The van der Waals surface area contributed by atoms with E-state index in [9.17, 15) is 0 Å². The molecule has 0 heterocycles. The SMILES string of the molecule is COCCCCCCOc1ccc(-c2ccc(C3CCC(C)CC3)cc2)cc1. The predicted octanol–water partition coefficient (Wildman–Crippen LogP) is 7.23. The van der Waals surface area contributed by atoms with E-state index >= 15 is 0 Å². The van der Waals surface area contributed by atoms with Gasteiger partial charge in [0.2, 0.25) is 0 Å². The van der Waals surface area contributed by atoms with Gasteiger partial charge in [0.15, 0.2) is 0 Å². The first kappa shape index (κ1) is 20.9. The van der Waals surface area contributed by atoms with Gasteiger partial charge >= 0.3 is 0 Å².